The fourth-order valence-corrected chi connectivity index (χ4v) is 8.28. The van der Waals surface area contributed by atoms with E-state index in [9.17, 15) is 24.5 Å². The first-order valence-electron chi connectivity index (χ1n) is 25.0. The number of amides is 1. The molecular weight excluding hydrogens is 760 g/mol. The number of nitrogens with two attached hydrogens (primary N) is 1. The number of allylic oxidation sites excluding steroid dienone is 3. The first-order valence-corrected chi connectivity index (χ1v) is 26.5. The third-order valence-corrected chi connectivity index (χ3v) is 12.3. The van der Waals surface area contributed by atoms with Gasteiger partial charge in [0.1, 0.15) is 0 Å². The summed E-state index contributed by atoms with van der Waals surface area (Å²) in [7, 11) is -4.40. The van der Waals surface area contributed by atoms with Crippen LogP contribution in [-0.4, -0.2) is 59.0 Å². The summed E-state index contributed by atoms with van der Waals surface area (Å²) in [5, 5.41) is 24.1. The molecule has 1 amide bonds. The number of aliphatic hydroxyl groups excluding tert-OH is 2. The largest absolute Gasteiger partial charge is 0.472 e. The van der Waals surface area contributed by atoms with Crippen molar-refractivity contribution in [1.29, 1.82) is 0 Å². The molecule has 350 valence electrons. The zero-order valence-electron chi connectivity index (χ0n) is 38.6. The molecule has 0 heterocycles. The molecule has 0 bridgehead atoms. The fraction of sp³-hybridized carbons (Fsp3) is 0.898. The van der Waals surface area contributed by atoms with Gasteiger partial charge >= 0.3 is 7.82 Å². The summed E-state index contributed by atoms with van der Waals surface area (Å²) in [4.78, 5) is 22.8. The van der Waals surface area contributed by atoms with Gasteiger partial charge in [0, 0.05) is 6.54 Å². The molecule has 0 aromatic carbocycles. The Kier molecular flexibility index (Phi) is 44.2. The lowest BCUT2D eigenvalue weighted by Gasteiger charge is -2.24. The number of hydrogen-bond donors (Lipinski definition) is 5. The summed E-state index contributed by atoms with van der Waals surface area (Å²) in [5.74, 6) is -0.451. The molecule has 0 radical (unpaired) electrons. The zero-order valence-corrected chi connectivity index (χ0v) is 39.5. The number of carbonyl (C=O) groups excluding carboxylic acids is 1. The molecule has 0 saturated carbocycles. The highest BCUT2D eigenvalue weighted by molar-refractivity contribution is 7.47. The molecule has 0 spiro atoms. The molecule has 0 aliphatic heterocycles. The molecule has 0 fully saturated rings. The van der Waals surface area contributed by atoms with Crippen molar-refractivity contribution in [3.8, 4) is 0 Å². The first kappa shape index (κ1) is 57.9. The Balaban J connectivity index is 4.23. The second-order valence-corrected chi connectivity index (χ2v) is 18.7. The van der Waals surface area contributed by atoms with Crippen LogP contribution in [0.25, 0.3) is 0 Å². The van der Waals surface area contributed by atoms with Crippen molar-refractivity contribution in [1.82, 2.24) is 5.32 Å². The molecule has 0 aliphatic rings. The minimum Gasteiger partial charge on any atom is -0.393 e. The summed E-state index contributed by atoms with van der Waals surface area (Å²) in [6.45, 7) is 4.00. The molecule has 4 unspecified atom stereocenters. The average Bonchev–Trinajstić information content (AvgIpc) is 3.21. The predicted octanol–water partition coefficient (Wildman–Crippen LogP) is 13.5. The number of carbonyl (C=O) groups is 1. The van der Waals surface area contributed by atoms with E-state index in [-0.39, 0.29) is 19.6 Å². The Morgan fingerprint density at radius 1 is 0.576 bits per heavy atom. The highest BCUT2D eigenvalue weighted by Crippen LogP contribution is 2.43. The van der Waals surface area contributed by atoms with E-state index in [2.05, 4.69) is 31.3 Å². The summed E-state index contributed by atoms with van der Waals surface area (Å²) in [6.07, 6.45) is 49.8. The third kappa shape index (κ3) is 43.4. The van der Waals surface area contributed by atoms with Gasteiger partial charge in [-0.05, 0) is 44.9 Å². The van der Waals surface area contributed by atoms with Crippen LogP contribution in [0.3, 0.4) is 0 Å². The molecule has 0 rings (SSSR count). The number of rotatable bonds is 47. The van der Waals surface area contributed by atoms with E-state index in [1.54, 1.807) is 6.08 Å². The number of phosphoric acid groups is 1. The van der Waals surface area contributed by atoms with Gasteiger partial charge in [-0.2, -0.15) is 0 Å². The molecule has 9 nitrogen and oxygen atoms in total. The Bertz CT molecular complexity index is 997. The van der Waals surface area contributed by atoms with E-state index in [4.69, 9.17) is 14.8 Å². The highest BCUT2D eigenvalue weighted by atomic mass is 31.2. The van der Waals surface area contributed by atoms with Crippen molar-refractivity contribution >= 4 is 13.7 Å². The minimum atomic E-state index is -4.40. The standard InChI is InChI=1S/C49H97N2O7P/c1-3-5-7-9-11-13-15-17-19-21-22-23-24-25-27-29-31-33-35-37-39-41-48(53)47(45-58-59(55,56)57-43-42-50)51-49(54)44-46(52)40-38-36-34-32-30-28-26-20-18-16-14-12-10-8-6-4-2/h28,30,39,41,46-48,52-53H,3-27,29,31-38,40,42-45,50H2,1-2H3,(H,51,54)(H,55,56)/b30-28-,41-39+. The molecule has 6 N–H and O–H groups in total. The second-order valence-electron chi connectivity index (χ2n) is 17.2. The van der Waals surface area contributed by atoms with Crippen LogP contribution >= 0.6 is 7.82 Å². The van der Waals surface area contributed by atoms with E-state index in [1.165, 1.54) is 167 Å². The quantitative estimate of drug-likeness (QED) is 0.0230. The lowest BCUT2D eigenvalue weighted by Crippen LogP contribution is -2.46. The van der Waals surface area contributed by atoms with Gasteiger partial charge in [-0.25, -0.2) is 4.57 Å². The Labute approximate surface area is 364 Å². The molecule has 0 aliphatic carbocycles. The van der Waals surface area contributed by atoms with E-state index in [0.29, 0.717) is 6.42 Å². The van der Waals surface area contributed by atoms with Crippen LogP contribution in [0.5, 0.6) is 0 Å². The smallest absolute Gasteiger partial charge is 0.393 e. The lowest BCUT2D eigenvalue weighted by molar-refractivity contribution is -0.124. The Hall–Kier alpha value is -1.06. The number of unbranched alkanes of at least 4 members (excludes halogenated alkanes) is 31. The topological polar surface area (TPSA) is 151 Å². The monoisotopic (exact) mass is 857 g/mol. The third-order valence-electron chi connectivity index (χ3n) is 11.3. The maximum absolute atomic E-state index is 12.9. The van der Waals surface area contributed by atoms with Crippen molar-refractivity contribution < 1.29 is 33.5 Å². The van der Waals surface area contributed by atoms with Crippen LogP contribution in [-0.2, 0) is 18.4 Å². The predicted molar refractivity (Wildman–Crippen MR) is 251 cm³/mol. The molecule has 59 heavy (non-hydrogen) atoms. The minimum absolute atomic E-state index is 0.0485. The Morgan fingerprint density at radius 3 is 1.36 bits per heavy atom. The molecule has 4 atom stereocenters. The summed E-state index contributed by atoms with van der Waals surface area (Å²) < 4.78 is 22.2. The van der Waals surface area contributed by atoms with Crippen LogP contribution < -0.4 is 11.1 Å². The lowest BCUT2D eigenvalue weighted by atomic mass is 10.0. The summed E-state index contributed by atoms with van der Waals surface area (Å²) >= 11 is 0. The normalized spacial score (nSPS) is 14.6. The van der Waals surface area contributed by atoms with Gasteiger partial charge in [-0.3, -0.25) is 13.8 Å². The number of nitrogens with one attached hydrogen (secondary N) is 1. The van der Waals surface area contributed by atoms with E-state index < -0.39 is 38.6 Å². The van der Waals surface area contributed by atoms with E-state index in [1.807, 2.05) is 6.08 Å². The number of aliphatic hydroxyl groups is 2. The van der Waals surface area contributed by atoms with Gasteiger partial charge in [0.05, 0.1) is 37.9 Å². The molecule has 0 saturated heterocycles. The molecular formula is C49H97N2O7P. The molecule has 0 aromatic rings. The van der Waals surface area contributed by atoms with Gasteiger partial charge in [0.25, 0.3) is 0 Å². The maximum atomic E-state index is 12.9. The van der Waals surface area contributed by atoms with Gasteiger partial charge in [-0.1, -0.05) is 218 Å². The van der Waals surface area contributed by atoms with Crippen molar-refractivity contribution in [2.24, 2.45) is 5.73 Å². The Morgan fingerprint density at radius 2 is 0.949 bits per heavy atom. The van der Waals surface area contributed by atoms with Crippen LogP contribution in [0.2, 0.25) is 0 Å². The zero-order chi connectivity index (χ0) is 43.3. The van der Waals surface area contributed by atoms with Crippen molar-refractivity contribution in [3.05, 3.63) is 24.3 Å². The molecule has 10 heteroatoms. The van der Waals surface area contributed by atoms with Crippen LogP contribution in [0, 0.1) is 0 Å². The van der Waals surface area contributed by atoms with Gasteiger partial charge in [-0.15, -0.1) is 0 Å². The van der Waals surface area contributed by atoms with Crippen molar-refractivity contribution in [2.45, 2.75) is 263 Å². The van der Waals surface area contributed by atoms with Gasteiger partial charge in [0.2, 0.25) is 5.91 Å². The van der Waals surface area contributed by atoms with Crippen molar-refractivity contribution in [3.63, 3.8) is 0 Å². The van der Waals surface area contributed by atoms with Crippen molar-refractivity contribution in [2.75, 3.05) is 19.8 Å². The van der Waals surface area contributed by atoms with Crippen LogP contribution in [0.1, 0.15) is 245 Å². The van der Waals surface area contributed by atoms with Gasteiger partial charge < -0.3 is 26.2 Å². The maximum Gasteiger partial charge on any atom is 0.472 e. The van der Waals surface area contributed by atoms with Gasteiger partial charge in [0.15, 0.2) is 0 Å². The molecule has 0 aromatic heterocycles. The SMILES string of the molecule is CCCCCCCCCCC/C=C\CCCCCC(O)CC(=O)NC(COP(=O)(O)OCCN)C(O)/C=C/CCCCCCCCCCCCCCCCCCCCC. The fourth-order valence-electron chi connectivity index (χ4n) is 7.53. The highest BCUT2D eigenvalue weighted by Gasteiger charge is 2.27. The second kappa shape index (κ2) is 45.0. The number of hydrogen-bond acceptors (Lipinski definition) is 7. The van der Waals surface area contributed by atoms with Crippen LogP contribution in [0.15, 0.2) is 24.3 Å². The summed E-state index contributed by atoms with van der Waals surface area (Å²) in [6, 6.07) is -0.986. The number of phosphoric ester groups is 1. The average molecular weight is 857 g/mol. The van der Waals surface area contributed by atoms with E-state index in [0.717, 1.165) is 51.4 Å². The van der Waals surface area contributed by atoms with E-state index >= 15 is 0 Å². The summed E-state index contributed by atoms with van der Waals surface area (Å²) in [5.41, 5.74) is 5.38. The first-order chi connectivity index (χ1) is 28.8. The van der Waals surface area contributed by atoms with Crippen LogP contribution in [0.4, 0.5) is 0 Å².